The molecule has 0 amide bonds. The van der Waals surface area contributed by atoms with Crippen molar-refractivity contribution in [2.75, 3.05) is 5.32 Å². The molecule has 0 bridgehead atoms. The van der Waals surface area contributed by atoms with E-state index in [-0.39, 0.29) is 0 Å². The molecule has 2 aromatic carbocycles. The van der Waals surface area contributed by atoms with E-state index in [0.29, 0.717) is 0 Å². The van der Waals surface area contributed by atoms with E-state index < -0.39 is 0 Å². The highest BCUT2D eigenvalue weighted by atomic mass is 32.1. The minimum absolute atomic E-state index is 0.863. The van der Waals surface area contributed by atoms with E-state index >= 15 is 0 Å². The Morgan fingerprint density at radius 2 is 1.83 bits per heavy atom. The monoisotopic (exact) mass is 315 g/mol. The predicted molar refractivity (Wildman–Crippen MR) is 95.4 cm³/mol. The molecule has 0 fully saturated rings. The fourth-order valence-corrected chi connectivity index (χ4v) is 3.96. The zero-order valence-electron chi connectivity index (χ0n) is 12.3. The summed E-state index contributed by atoms with van der Waals surface area (Å²) in [5, 5.41) is 6.56. The highest BCUT2D eigenvalue weighted by molar-refractivity contribution is 7.16. The van der Waals surface area contributed by atoms with Crippen molar-refractivity contribution in [2.45, 2.75) is 6.42 Å². The maximum atomic E-state index is 4.40. The fraction of sp³-hybridized carbons (Fsp3) is 0.0526. The van der Waals surface area contributed by atoms with Crippen molar-refractivity contribution < 1.29 is 0 Å². The smallest absolute Gasteiger partial charge is 0.142 e. The van der Waals surface area contributed by atoms with Gasteiger partial charge in [-0.15, -0.1) is 11.3 Å². The van der Waals surface area contributed by atoms with Crippen LogP contribution in [0.15, 0.2) is 60.2 Å². The second-order valence-electron chi connectivity index (χ2n) is 5.69. The van der Waals surface area contributed by atoms with Crippen LogP contribution in [0.25, 0.3) is 21.3 Å². The van der Waals surface area contributed by atoms with Crippen LogP contribution in [0.5, 0.6) is 0 Å². The van der Waals surface area contributed by atoms with Gasteiger partial charge in [-0.2, -0.15) is 0 Å². The zero-order valence-corrected chi connectivity index (χ0v) is 13.1. The molecule has 0 saturated heterocycles. The molecule has 0 aliphatic heterocycles. The standard InChI is InChI=1S/C19H13N3S/c1-2-4-15-12(3-1)9-13-5-6-14(10-17(13)15)22-18-16-7-8-23-19(16)21-11-20-18/h1-8,10-11H,9H2,(H,20,21,22). The van der Waals surface area contributed by atoms with Crippen molar-refractivity contribution in [3.63, 3.8) is 0 Å². The van der Waals surface area contributed by atoms with Crippen LogP contribution in [0.2, 0.25) is 0 Å². The zero-order chi connectivity index (χ0) is 15.2. The summed E-state index contributed by atoms with van der Waals surface area (Å²) in [6.07, 6.45) is 2.64. The second kappa shape index (κ2) is 4.89. The SMILES string of the molecule is c1ccc2c(c1)Cc1ccc(Nc3ncnc4sccc34)cc1-2. The van der Waals surface area contributed by atoms with Crippen LogP contribution in [0.1, 0.15) is 11.1 Å². The van der Waals surface area contributed by atoms with Crippen LogP contribution in [0.3, 0.4) is 0 Å². The summed E-state index contributed by atoms with van der Waals surface area (Å²) in [6, 6.07) is 17.3. The average molecular weight is 315 g/mol. The third-order valence-corrected chi connectivity index (χ3v) is 5.14. The van der Waals surface area contributed by atoms with Gasteiger partial charge in [0.15, 0.2) is 0 Å². The molecule has 4 heteroatoms. The maximum Gasteiger partial charge on any atom is 0.142 e. The second-order valence-corrected chi connectivity index (χ2v) is 6.59. The van der Waals surface area contributed by atoms with Gasteiger partial charge in [0, 0.05) is 5.69 Å². The lowest BCUT2D eigenvalue weighted by molar-refractivity contribution is 1.23. The Bertz CT molecular complexity index is 1040. The molecule has 2 heterocycles. The van der Waals surface area contributed by atoms with Gasteiger partial charge in [0.25, 0.3) is 0 Å². The van der Waals surface area contributed by atoms with Gasteiger partial charge in [-0.05, 0) is 52.3 Å². The summed E-state index contributed by atoms with van der Waals surface area (Å²) in [6.45, 7) is 0. The molecule has 4 aromatic rings. The molecule has 0 unspecified atom stereocenters. The van der Waals surface area contributed by atoms with E-state index in [2.05, 4.69) is 63.8 Å². The molecule has 23 heavy (non-hydrogen) atoms. The van der Waals surface area contributed by atoms with E-state index in [4.69, 9.17) is 0 Å². The van der Waals surface area contributed by atoms with Crippen molar-refractivity contribution >= 4 is 33.1 Å². The molecular weight excluding hydrogens is 302 g/mol. The number of nitrogens with zero attached hydrogens (tertiary/aromatic N) is 2. The number of aromatic nitrogens is 2. The van der Waals surface area contributed by atoms with E-state index in [1.54, 1.807) is 17.7 Å². The first-order valence-electron chi connectivity index (χ1n) is 7.55. The molecular formula is C19H13N3S. The van der Waals surface area contributed by atoms with Crippen molar-refractivity contribution in [3.05, 3.63) is 71.4 Å². The van der Waals surface area contributed by atoms with Gasteiger partial charge in [0.05, 0.1) is 5.39 Å². The molecule has 0 spiro atoms. The fourth-order valence-electron chi connectivity index (χ4n) is 3.23. The number of thiophene rings is 1. The molecule has 3 nitrogen and oxygen atoms in total. The Morgan fingerprint density at radius 1 is 0.913 bits per heavy atom. The Kier molecular flexibility index (Phi) is 2.72. The van der Waals surface area contributed by atoms with Crippen LogP contribution in [0.4, 0.5) is 11.5 Å². The summed E-state index contributed by atoms with van der Waals surface area (Å²) in [5.74, 6) is 0.863. The first-order chi connectivity index (χ1) is 11.4. The molecule has 110 valence electrons. The molecule has 1 N–H and O–H groups in total. The lowest BCUT2D eigenvalue weighted by Gasteiger charge is -2.09. The Hall–Kier alpha value is -2.72. The van der Waals surface area contributed by atoms with Gasteiger partial charge in [-0.1, -0.05) is 30.3 Å². The van der Waals surface area contributed by atoms with Gasteiger partial charge in [0.1, 0.15) is 17.0 Å². The maximum absolute atomic E-state index is 4.40. The third-order valence-electron chi connectivity index (χ3n) is 4.32. The van der Waals surface area contributed by atoms with Crippen molar-refractivity contribution in [3.8, 4) is 11.1 Å². The molecule has 5 rings (SSSR count). The number of hydrogen-bond acceptors (Lipinski definition) is 4. The summed E-state index contributed by atoms with van der Waals surface area (Å²) < 4.78 is 0. The number of fused-ring (bicyclic) bond motifs is 4. The first kappa shape index (κ1) is 12.8. The van der Waals surface area contributed by atoms with Crippen LogP contribution >= 0.6 is 11.3 Å². The van der Waals surface area contributed by atoms with Gasteiger partial charge in [-0.25, -0.2) is 9.97 Å². The number of benzene rings is 2. The van der Waals surface area contributed by atoms with Crippen LogP contribution in [0, 0.1) is 0 Å². The molecule has 1 aliphatic rings. The van der Waals surface area contributed by atoms with Crippen molar-refractivity contribution in [1.29, 1.82) is 0 Å². The molecule has 0 saturated carbocycles. The molecule has 0 radical (unpaired) electrons. The molecule has 1 aliphatic carbocycles. The summed E-state index contributed by atoms with van der Waals surface area (Å²) in [5.41, 5.74) is 6.52. The normalized spacial score (nSPS) is 12.2. The van der Waals surface area contributed by atoms with E-state index in [9.17, 15) is 0 Å². The number of anilines is 2. The van der Waals surface area contributed by atoms with Gasteiger partial charge >= 0.3 is 0 Å². The van der Waals surface area contributed by atoms with Crippen LogP contribution in [-0.2, 0) is 6.42 Å². The number of hydrogen-bond donors (Lipinski definition) is 1. The quantitative estimate of drug-likeness (QED) is 0.498. The van der Waals surface area contributed by atoms with Gasteiger partial charge < -0.3 is 5.32 Å². The minimum Gasteiger partial charge on any atom is -0.340 e. The van der Waals surface area contributed by atoms with Crippen molar-refractivity contribution in [2.24, 2.45) is 0 Å². The van der Waals surface area contributed by atoms with Crippen molar-refractivity contribution in [1.82, 2.24) is 9.97 Å². The Balaban J connectivity index is 1.58. The summed E-state index contributed by atoms with van der Waals surface area (Å²) >= 11 is 1.63. The highest BCUT2D eigenvalue weighted by Crippen LogP contribution is 2.38. The summed E-state index contributed by atoms with van der Waals surface area (Å²) in [4.78, 5) is 9.70. The Labute approximate surface area is 137 Å². The molecule has 2 aromatic heterocycles. The first-order valence-corrected chi connectivity index (χ1v) is 8.43. The predicted octanol–water partition coefficient (Wildman–Crippen LogP) is 5.01. The highest BCUT2D eigenvalue weighted by Gasteiger charge is 2.18. The third kappa shape index (κ3) is 2.03. The van der Waals surface area contributed by atoms with Gasteiger partial charge in [-0.3, -0.25) is 0 Å². The lowest BCUT2D eigenvalue weighted by atomic mass is 10.1. The minimum atomic E-state index is 0.863. The van der Waals surface area contributed by atoms with Gasteiger partial charge in [0.2, 0.25) is 0 Å². The lowest BCUT2D eigenvalue weighted by Crippen LogP contribution is -1.95. The number of rotatable bonds is 2. The average Bonchev–Trinajstić information content (AvgIpc) is 3.19. The number of nitrogens with one attached hydrogen (secondary N) is 1. The van der Waals surface area contributed by atoms with E-state index in [1.807, 2.05) is 5.38 Å². The molecule has 0 atom stereocenters. The van der Waals surface area contributed by atoms with E-state index in [1.165, 1.54) is 22.3 Å². The Morgan fingerprint density at radius 3 is 2.83 bits per heavy atom. The summed E-state index contributed by atoms with van der Waals surface area (Å²) in [7, 11) is 0. The van der Waals surface area contributed by atoms with Crippen LogP contribution < -0.4 is 5.32 Å². The largest absolute Gasteiger partial charge is 0.340 e. The van der Waals surface area contributed by atoms with E-state index in [0.717, 1.165) is 28.1 Å². The topological polar surface area (TPSA) is 37.8 Å². The van der Waals surface area contributed by atoms with Crippen LogP contribution in [-0.4, -0.2) is 9.97 Å².